The molecule has 1 rings (SSSR count). The van der Waals surface area contributed by atoms with Gasteiger partial charge in [0.25, 0.3) is 0 Å². The van der Waals surface area contributed by atoms with Gasteiger partial charge < -0.3 is 9.84 Å². The molecule has 0 aromatic heterocycles. The van der Waals surface area contributed by atoms with E-state index < -0.39 is 0 Å². The van der Waals surface area contributed by atoms with Crippen molar-refractivity contribution in [3.8, 4) is 11.5 Å². The summed E-state index contributed by atoms with van der Waals surface area (Å²) < 4.78 is 4.92. The van der Waals surface area contributed by atoms with Crippen LogP contribution in [-0.2, 0) is 6.42 Å². The largest absolute Gasteiger partial charge is 0.504 e. The van der Waals surface area contributed by atoms with E-state index in [1.165, 1.54) is 7.11 Å². The molecule has 0 amide bonds. The Labute approximate surface area is 71.8 Å². The Morgan fingerprint density at radius 1 is 1.50 bits per heavy atom. The van der Waals surface area contributed by atoms with E-state index in [4.69, 9.17) is 10.5 Å². The molecule has 2 N–H and O–H groups in total. The Balaban J connectivity index is 2.89. The van der Waals surface area contributed by atoms with Gasteiger partial charge in [0.05, 0.1) is 7.11 Å². The predicted molar refractivity (Wildman–Crippen MR) is 46.3 cm³/mol. The van der Waals surface area contributed by atoms with Crippen LogP contribution in [-0.4, -0.2) is 18.8 Å². The maximum Gasteiger partial charge on any atom is 0.160 e. The minimum Gasteiger partial charge on any atom is -0.504 e. The highest BCUT2D eigenvalue weighted by Gasteiger charge is 2.01. The van der Waals surface area contributed by atoms with Gasteiger partial charge in [-0.3, -0.25) is 5.73 Å². The smallest absolute Gasteiger partial charge is 0.160 e. The average molecular weight is 166 g/mol. The molecular weight excluding hydrogens is 154 g/mol. The third kappa shape index (κ3) is 1.89. The number of hydrogen-bond acceptors (Lipinski definition) is 2. The molecule has 65 valence electrons. The van der Waals surface area contributed by atoms with Crippen LogP contribution in [0.4, 0.5) is 0 Å². The van der Waals surface area contributed by atoms with Crippen molar-refractivity contribution in [2.45, 2.75) is 6.42 Å². The van der Waals surface area contributed by atoms with Gasteiger partial charge in [-0.15, -0.1) is 0 Å². The fourth-order valence-electron chi connectivity index (χ4n) is 1.02. The number of rotatable bonds is 3. The SMILES string of the molecule is COc1cc(CC[NH])ccc1O. The molecule has 0 fully saturated rings. The summed E-state index contributed by atoms with van der Waals surface area (Å²) in [6, 6.07) is 5.14. The molecule has 0 spiro atoms. The minimum atomic E-state index is 0.145. The molecule has 0 saturated carbocycles. The Morgan fingerprint density at radius 3 is 2.83 bits per heavy atom. The van der Waals surface area contributed by atoms with Gasteiger partial charge in [0.15, 0.2) is 11.5 Å². The third-order valence-corrected chi connectivity index (χ3v) is 1.66. The fraction of sp³-hybridized carbons (Fsp3) is 0.333. The molecule has 1 aromatic carbocycles. The van der Waals surface area contributed by atoms with E-state index in [-0.39, 0.29) is 5.75 Å². The first kappa shape index (κ1) is 8.87. The first-order valence-electron chi connectivity index (χ1n) is 3.78. The molecule has 0 atom stereocenters. The lowest BCUT2D eigenvalue weighted by atomic mass is 10.1. The Morgan fingerprint density at radius 2 is 2.25 bits per heavy atom. The second-order valence-electron chi connectivity index (χ2n) is 2.51. The first-order chi connectivity index (χ1) is 5.77. The van der Waals surface area contributed by atoms with E-state index in [1.807, 2.05) is 0 Å². The lowest BCUT2D eigenvalue weighted by Gasteiger charge is -2.04. The van der Waals surface area contributed by atoms with Crippen molar-refractivity contribution >= 4 is 0 Å². The number of phenols is 1. The maximum atomic E-state index is 9.23. The number of hydrogen-bond donors (Lipinski definition) is 1. The highest BCUT2D eigenvalue weighted by Crippen LogP contribution is 2.26. The fourth-order valence-corrected chi connectivity index (χ4v) is 1.02. The lowest BCUT2D eigenvalue weighted by molar-refractivity contribution is 0.373. The molecule has 0 aliphatic rings. The molecule has 3 nitrogen and oxygen atoms in total. The Bertz CT molecular complexity index is 261. The van der Waals surface area contributed by atoms with Gasteiger partial charge in [-0.1, -0.05) is 6.07 Å². The zero-order valence-corrected chi connectivity index (χ0v) is 7.00. The summed E-state index contributed by atoms with van der Waals surface area (Å²) in [7, 11) is 1.51. The Hall–Kier alpha value is -1.22. The molecule has 0 bridgehead atoms. The van der Waals surface area contributed by atoms with Crippen molar-refractivity contribution in [1.29, 1.82) is 0 Å². The number of ether oxygens (including phenoxy) is 1. The van der Waals surface area contributed by atoms with Crippen LogP contribution in [0.1, 0.15) is 5.56 Å². The van der Waals surface area contributed by atoms with Crippen LogP contribution in [0.3, 0.4) is 0 Å². The van der Waals surface area contributed by atoms with Gasteiger partial charge in [0, 0.05) is 6.54 Å². The van der Waals surface area contributed by atoms with Crippen molar-refractivity contribution in [1.82, 2.24) is 5.73 Å². The van der Waals surface area contributed by atoms with E-state index in [2.05, 4.69) is 0 Å². The van der Waals surface area contributed by atoms with Crippen LogP contribution in [0.25, 0.3) is 0 Å². The molecule has 1 radical (unpaired) electrons. The van der Waals surface area contributed by atoms with Crippen LogP contribution in [0, 0.1) is 0 Å². The van der Waals surface area contributed by atoms with Gasteiger partial charge >= 0.3 is 0 Å². The highest BCUT2D eigenvalue weighted by molar-refractivity contribution is 5.41. The number of phenolic OH excluding ortho intramolecular Hbond substituents is 1. The molecule has 0 unspecified atom stereocenters. The quantitative estimate of drug-likeness (QED) is 0.734. The summed E-state index contributed by atoms with van der Waals surface area (Å²) in [6.45, 7) is 0.355. The van der Waals surface area contributed by atoms with Crippen LogP contribution in [0.15, 0.2) is 18.2 Å². The van der Waals surface area contributed by atoms with E-state index in [9.17, 15) is 5.11 Å². The van der Waals surface area contributed by atoms with Gasteiger partial charge in [-0.05, 0) is 24.1 Å². The molecule has 12 heavy (non-hydrogen) atoms. The van der Waals surface area contributed by atoms with Crippen molar-refractivity contribution in [2.75, 3.05) is 13.7 Å². The second-order valence-corrected chi connectivity index (χ2v) is 2.51. The van der Waals surface area contributed by atoms with Crippen LogP contribution in [0.5, 0.6) is 11.5 Å². The molecule has 1 aromatic rings. The lowest BCUT2D eigenvalue weighted by Crippen LogP contribution is -1.93. The van der Waals surface area contributed by atoms with Crippen molar-refractivity contribution in [3.63, 3.8) is 0 Å². The summed E-state index contributed by atoms with van der Waals surface area (Å²) in [5.74, 6) is 0.618. The Kier molecular flexibility index (Phi) is 2.94. The van der Waals surface area contributed by atoms with E-state index in [1.54, 1.807) is 18.2 Å². The van der Waals surface area contributed by atoms with Crippen molar-refractivity contribution < 1.29 is 9.84 Å². The van der Waals surface area contributed by atoms with E-state index in [0.29, 0.717) is 18.7 Å². The topological polar surface area (TPSA) is 53.3 Å². The average Bonchev–Trinajstić information content (AvgIpc) is 2.09. The van der Waals surface area contributed by atoms with Crippen molar-refractivity contribution in [3.05, 3.63) is 23.8 Å². The normalized spacial score (nSPS) is 9.83. The number of benzene rings is 1. The number of methoxy groups -OCH3 is 1. The zero-order valence-electron chi connectivity index (χ0n) is 7.00. The standard InChI is InChI=1S/C9H12NO2/c1-12-9-6-7(4-5-10)2-3-8(9)11/h2-3,6,10-11H,4-5H2,1H3. The van der Waals surface area contributed by atoms with E-state index in [0.717, 1.165) is 5.56 Å². The van der Waals surface area contributed by atoms with Crippen molar-refractivity contribution in [2.24, 2.45) is 0 Å². The molecule has 3 heteroatoms. The van der Waals surface area contributed by atoms with Gasteiger partial charge in [0.1, 0.15) is 0 Å². The molecule has 0 heterocycles. The third-order valence-electron chi connectivity index (χ3n) is 1.66. The molecular formula is C9H12NO2. The van der Waals surface area contributed by atoms with Gasteiger partial charge in [-0.25, -0.2) is 0 Å². The summed E-state index contributed by atoms with van der Waals surface area (Å²) in [5, 5.41) is 9.23. The minimum absolute atomic E-state index is 0.145. The summed E-state index contributed by atoms with van der Waals surface area (Å²) >= 11 is 0. The van der Waals surface area contributed by atoms with E-state index >= 15 is 0 Å². The van der Waals surface area contributed by atoms with Crippen LogP contribution < -0.4 is 10.5 Å². The maximum absolute atomic E-state index is 9.23. The zero-order chi connectivity index (χ0) is 8.97. The summed E-state index contributed by atoms with van der Waals surface area (Å²) in [4.78, 5) is 0. The molecule has 0 aliphatic carbocycles. The van der Waals surface area contributed by atoms with Crippen LogP contribution in [0.2, 0.25) is 0 Å². The number of aromatic hydroxyl groups is 1. The highest BCUT2D eigenvalue weighted by atomic mass is 16.5. The van der Waals surface area contributed by atoms with Gasteiger partial charge in [-0.2, -0.15) is 0 Å². The second kappa shape index (κ2) is 3.97. The first-order valence-corrected chi connectivity index (χ1v) is 3.78. The predicted octanol–water partition coefficient (Wildman–Crippen LogP) is 1.23. The van der Waals surface area contributed by atoms with Crippen LogP contribution >= 0.6 is 0 Å². The monoisotopic (exact) mass is 166 g/mol. The summed E-state index contributed by atoms with van der Waals surface area (Å²) in [6.07, 6.45) is 0.691. The summed E-state index contributed by atoms with van der Waals surface area (Å²) in [5.41, 5.74) is 8.03. The molecule has 0 aliphatic heterocycles. The van der Waals surface area contributed by atoms with Gasteiger partial charge in [0.2, 0.25) is 0 Å². The molecule has 0 saturated heterocycles. The number of nitrogens with one attached hydrogen (secondary N) is 1.